The highest BCUT2D eigenvalue weighted by Crippen LogP contribution is 2.14. The number of hydrogen-bond acceptors (Lipinski definition) is 3. The molecule has 1 atom stereocenters. The predicted molar refractivity (Wildman–Crippen MR) is 40.9 cm³/mol. The lowest BCUT2D eigenvalue weighted by Gasteiger charge is -2.18. The Morgan fingerprint density at radius 1 is 1.60 bits per heavy atom. The maximum atomic E-state index is 10.1. The first-order chi connectivity index (χ1) is 4.74. The van der Waals surface area contributed by atoms with Gasteiger partial charge in [0.2, 0.25) is 0 Å². The minimum Gasteiger partial charge on any atom is -0.299 e. The zero-order valence-electron chi connectivity index (χ0n) is 6.58. The normalized spacial score (nSPS) is 27.7. The molecule has 0 spiro atoms. The Morgan fingerprint density at radius 2 is 2.30 bits per heavy atom. The van der Waals surface area contributed by atoms with Crippen LogP contribution >= 0.6 is 0 Å². The van der Waals surface area contributed by atoms with E-state index in [-0.39, 0.29) is 6.04 Å². The fourth-order valence-electron chi connectivity index (χ4n) is 1.32. The molecule has 10 heavy (non-hydrogen) atoms. The van der Waals surface area contributed by atoms with Crippen molar-refractivity contribution in [1.29, 1.82) is 0 Å². The molecule has 1 saturated heterocycles. The number of likely N-dealkylation sites (tertiary alicyclic amines) is 1. The molecule has 3 heteroatoms. The average molecular weight is 142 g/mol. The summed E-state index contributed by atoms with van der Waals surface area (Å²) >= 11 is 0. The molecule has 0 bridgehead atoms. The van der Waals surface area contributed by atoms with Gasteiger partial charge >= 0.3 is 0 Å². The molecule has 0 aromatic heterocycles. The summed E-state index contributed by atoms with van der Waals surface area (Å²) in [6, 6.07) is 0.620. The lowest BCUT2D eigenvalue weighted by Crippen LogP contribution is -2.28. The van der Waals surface area contributed by atoms with Crippen LogP contribution in [-0.2, 0) is 0 Å². The third-order valence-electron chi connectivity index (χ3n) is 2.07. The summed E-state index contributed by atoms with van der Waals surface area (Å²) in [6.45, 7) is 6.19. The van der Waals surface area contributed by atoms with Gasteiger partial charge in [0.05, 0.1) is 0 Å². The van der Waals surface area contributed by atoms with E-state index in [2.05, 4.69) is 23.9 Å². The summed E-state index contributed by atoms with van der Waals surface area (Å²) in [5, 5.41) is 3.03. The van der Waals surface area contributed by atoms with E-state index in [9.17, 15) is 4.91 Å². The van der Waals surface area contributed by atoms with Gasteiger partial charge in [-0.15, -0.1) is 0 Å². The Morgan fingerprint density at radius 3 is 2.60 bits per heavy atom. The molecular formula is C7H14N2O. The molecule has 58 valence electrons. The quantitative estimate of drug-likeness (QED) is 0.543. The summed E-state index contributed by atoms with van der Waals surface area (Å²) in [7, 11) is 0. The van der Waals surface area contributed by atoms with Crippen molar-refractivity contribution in [2.45, 2.75) is 32.4 Å². The lowest BCUT2D eigenvalue weighted by molar-refractivity contribution is 0.273. The average Bonchev–Trinajstić information content (AvgIpc) is 2.34. The molecule has 0 radical (unpaired) electrons. The van der Waals surface area contributed by atoms with Gasteiger partial charge in [0.15, 0.2) is 0 Å². The third kappa shape index (κ3) is 1.53. The summed E-state index contributed by atoms with van der Waals surface area (Å²) in [5.74, 6) is 0. The second kappa shape index (κ2) is 3.10. The molecule has 1 aliphatic rings. The van der Waals surface area contributed by atoms with Crippen LogP contribution < -0.4 is 0 Å². The van der Waals surface area contributed by atoms with Gasteiger partial charge in [-0.1, -0.05) is 5.18 Å². The van der Waals surface area contributed by atoms with E-state index in [0.717, 1.165) is 19.5 Å². The zero-order valence-corrected chi connectivity index (χ0v) is 6.58. The third-order valence-corrected chi connectivity index (χ3v) is 2.07. The first kappa shape index (κ1) is 7.66. The van der Waals surface area contributed by atoms with Crippen molar-refractivity contribution < 1.29 is 0 Å². The standard InChI is InChI=1S/C7H14N2O/c1-6(2)9-4-3-7(5-9)8-10/h6-7H,3-5H2,1-2H3. The Hall–Kier alpha value is -0.440. The van der Waals surface area contributed by atoms with Crippen molar-refractivity contribution in [1.82, 2.24) is 4.90 Å². The topological polar surface area (TPSA) is 32.7 Å². The van der Waals surface area contributed by atoms with Gasteiger partial charge in [-0.05, 0) is 20.3 Å². The smallest absolute Gasteiger partial charge is 0.106 e. The monoisotopic (exact) mass is 142 g/mol. The first-order valence-electron chi connectivity index (χ1n) is 3.80. The molecular weight excluding hydrogens is 128 g/mol. The van der Waals surface area contributed by atoms with E-state index in [1.165, 1.54) is 0 Å². The number of rotatable bonds is 2. The van der Waals surface area contributed by atoms with Crippen molar-refractivity contribution in [2.75, 3.05) is 13.1 Å². The largest absolute Gasteiger partial charge is 0.299 e. The second-order valence-electron chi connectivity index (χ2n) is 3.14. The van der Waals surface area contributed by atoms with Crippen molar-refractivity contribution in [3.05, 3.63) is 4.91 Å². The SMILES string of the molecule is CC(C)N1CCC(N=O)C1. The maximum Gasteiger partial charge on any atom is 0.106 e. The van der Waals surface area contributed by atoms with E-state index in [4.69, 9.17) is 0 Å². The molecule has 1 fully saturated rings. The van der Waals surface area contributed by atoms with Crippen molar-refractivity contribution in [3.8, 4) is 0 Å². The Bertz CT molecular complexity index is 125. The molecule has 0 amide bonds. The molecule has 3 nitrogen and oxygen atoms in total. The molecule has 1 rings (SSSR count). The highest BCUT2D eigenvalue weighted by atomic mass is 16.3. The van der Waals surface area contributed by atoms with E-state index < -0.39 is 0 Å². The van der Waals surface area contributed by atoms with Crippen molar-refractivity contribution in [2.24, 2.45) is 5.18 Å². The minimum atomic E-state index is 0.0578. The van der Waals surface area contributed by atoms with Crippen LogP contribution in [0.1, 0.15) is 20.3 Å². The van der Waals surface area contributed by atoms with Crippen LogP contribution in [0, 0.1) is 4.91 Å². The van der Waals surface area contributed by atoms with Crippen LogP contribution in [-0.4, -0.2) is 30.1 Å². The van der Waals surface area contributed by atoms with Crippen LogP contribution in [0.25, 0.3) is 0 Å². The summed E-state index contributed by atoms with van der Waals surface area (Å²) in [6.07, 6.45) is 0.946. The highest BCUT2D eigenvalue weighted by molar-refractivity contribution is 4.81. The van der Waals surface area contributed by atoms with Gasteiger partial charge in [0.1, 0.15) is 6.04 Å². The molecule has 1 unspecified atom stereocenters. The zero-order chi connectivity index (χ0) is 7.56. The molecule has 0 aromatic rings. The Balaban J connectivity index is 2.35. The molecule has 0 aliphatic carbocycles. The molecule has 0 N–H and O–H groups in total. The predicted octanol–water partition coefficient (Wildman–Crippen LogP) is 1.24. The van der Waals surface area contributed by atoms with E-state index >= 15 is 0 Å². The van der Waals surface area contributed by atoms with Crippen LogP contribution in [0.15, 0.2) is 5.18 Å². The van der Waals surface area contributed by atoms with Gasteiger partial charge in [0, 0.05) is 19.1 Å². The van der Waals surface area contributed by atoms with Gasteiger partial charge < -0.3 is 0 Å². The second-order valence-corrected chi connectivity index (χ2v) is 3.14. The first-order valence-corrected chi connectivity index (χ1v) is 3.80. The fraction of sp³-hybridized carbons (Fsp3) is 1.00. The maximum absolute atomic E-state index is 10.1. The Kier molecular flexibility index (Phi) is 2.38. The van der Waals surface area contributed by atoms with Gasteiger partial charge in [0.25, 0.3) is 0 Å². The highest BCUT2D eigenvalue weighted by Gasteiger charge is 2.24. The van der Waals surface area contributed by atoms with Gasteiger partial charge in [-0.25, -0.2) is 0 Å². The number of hydrogen-bond donors (Lipinski definition) is 0. The van der Waals surface area contributed by atoms with Crippen LogP contribution in [0.4, 0.5) is 0 Å². The van der Waals surface area contributed by atoms with E-state index in [1.54, 1.807) is 0 Å². The summed E-state index contributed by atoms with van der Waals surface area (Å²) < 4.78 is 0. The van der Waals surface area contributed by atoms with Gasteiger partial charge in [-0.3, -0.25) is 4.90 Å². The van der Waals surface area contributed by atoms with Gasteiger partial charge in [-0.2, -0.15) is 4.91 Å². The Labute approximate surface area is 61.4 Å². The lowest BCUT2D eigenvalue weighted by atomic mass is 10.3. The van der Waals surface area contributed by atoms with Crippen LogP contribution in [0.2, 0.25) is 0 Å². The van der Waals surface area contributed by atoms with E-state index in [0.29, 0.717) is 6.04 Å². The van der Waals surface area contributed by atoms with Crippen LogP contribution in [0.5, 0.6) is 0 Å². The van der Waals surface area contributed by atoms with E-state index in [1.807, 2.05) is 0 Å². The van der Waals surface area contributed by atoms with Crippen molar-refractivity contribution in [3.63, 3.8) is 0 Å². The number of nitrogens with zero attached hydrogens (tertiary/aromatic N) is 2. The molecule has 0 aromatic carbocycles. The molecule has 0 saturated carbocycles. The number of nitroso groups, excluding NO2 is 1. The fourth-order valence-corrected chi connectivity index (χ4v) is 1.32. The summed E-state index contributed by atoms with van der Waals surface area (Å²) in [4.78, 5) is 12.4. The minimum absolute atomic E-state index is 0.0578. The van der Waals surface area contributed by atoms with Crippen LogP contribution in [0.3, 0.4) is 0 Å². The molecule has 1 heterocycles. The summed E-state index contributed by atoms with van der Waals surface area (Å²) in [5.41, 5.74) is 0. The van der Waals surface area contributed by atoms with Crippen molar-refractivity contribution >= 4 is 0 Å². The molecule has 1 aliphatic heterocycles.